The molecule has 2 N–H and O–H groups in total. The van der Waals surface area contributed by atoms with Gasteiger partial charge in [0.1, 0.15) is 6.07 Å². The highest BCUT2D eigenvalue weighted by atomic mass is 19.4. The lowest BCUT2D eigenvalue weighted by molar-refractivity contribution is -0.165. The first-order valence-corrected chi connectivity index (χ1v) is 8.31. The standard InChI is InChI=1S/C20H14F3N3O4/c21-20(22,23)17(27)9-10-25-16-8-4-2-6-14(16)19(29)30-12-18(28)26-15-7-3-1-5-13(15)11-24/h1-10,25H,12H2,(H,26,28). The molecular weight excluding hydrogens is 403 g/mol. The number of nitrogens with zero attached hydrogens (tertiary/aromatic N) is 1. The van der Waals surface area contributed by atoms with E-state index in [1.165, 1.54) is 36.4 Å². The quantitative estimate of drug-likeness (QED) is 0.528. The number of rotatable bonds is 7. The minimum absolute atomic E-state index is 0.0631. The average Bonchev–Trinajstić information content (AvgIpc) is 2.72. The fourth-order valence-corrected chi connectivity index (χ4v) is 2.17. The Morgan fingerprint density at radius 2 is 1.67 bits per heavy atom. The third-order valence-corrected chi connectivity index (χ3v) is 3.56. The van der Waals surface area contributed by atoms with E-state index in [0.29, 0.717) is 0 Å². The van der Waals surface area contributed by atoms with Crippen molar-refractivity contribution in [2.24, 2.45) is 0 Å². The Labute approximate surface area is 168 Å². The van der Waals surface area contributed by atoms with Crippen LogP contribution < -0.4 is 10.6 Å². The minimum Gasteiger partial charge on any atom is -0.452 e. The van der Waals surface area contributed by atoms with Crippen LogP contribution >= 0.6 is 0 Å². The number of carbonyl (C=O) groups is 3. The van der Waals surface area contributed by atoms with Gasteiger partial charge in [-0.25, -0.2) is 4.79 Å². The zero-order valence-electron chi connectivity index (χ0n) is 15.2. The first-order chi connectivity index (χ1) is 14.2. The highest BCUT2D eigenvalue weighted by Crippen LogP contribution is 2.19. The number of nitrogens with one attached hydrogen (secondary N) is 2. The monoisotopic (exact) mass is 417 g/mol. The Hall–Kier alpha value is -4.13. The summed E-state index contributed by atoms with van der Waals surface area (Å²) in [6.07, 6.45) is -3.98. The molecule has 30 heavy (non-hydrogen) atoms. The predicted molar refractivity (Wildman–Crippen MR) is 100 cm³/mol. The SMILES string of the molecule is N#Cc1ccccc1NC(=O)COC(=O)c1ccccc1NC=CC(=O)C(F)(F)F. The Morgan fingerprint density at radius 3 is 2.33 bits per heavy atom. The molecule has 0 atom stereocenters. The number of anilines is 2. The summed E-state index contributed by atoms with van der Waals surface area (Å²) in [6.45, 7) is -0.657. The molecule has 0 aromatic heterocycles. The molecule has 0 heterocycles. The molecule has 1 amide bonds. The Morgan fingerprint density at radius 1 is 1.03 bits per heavy atom. The van der Waals surface area contributed by atoms with Gasteiger partial charge in [-0.3, -0.25) is 9.59 Å². The van der Waals surface area contributed by atoms with Crippen LogP contribution in [-0.2, 0) is 14.3 Å². The maximum Gasteiger partial charge on any atom is 0.454 e. The number of para-hydroxylation sites is 2. The summed E-state index contributed by atoms with van der Waals surface area (Å²) in [7, 11) is 0. The number of ether oxygens (including phenoxy) is 1. The van der Waals surface area contributed by atoms with E-state index in [9.17, 15) is 27.6 Å². The Bertz CT molecular complexity index is 1030. The second-order valence-electron chi connectivity index (χ2n) is 5.67. The molecule has 0 aliphatic heterocycles. The molecule has 0 aliphatic carbocycles. The summed E-state index contributed by atoms with van der Waals surface area (Å²) in [4.78, 5) is 35.0. The summed E-state index contributed by atoms with van der Waals surface area (Å²) in [6, 6.07) is 13.8. The second-order valence-corrected chi connectivity index (χ2v) is 5.67. The van der Waals surface area contributed by atoms with Gasteiger partial charge in [0.2, 0.25) is 0 Å². The van der Waals surface area contributed by atoms with Gasteiger partial charge in [-0.05, 0) is 24.3 Å². The van der Waals surface area contributed by atoms with Gasteiger partial charge in [0, 0.05) is 12.3 Å². The van der Waals surface area contributed by atoms with Crippen molar-refractivity contribution in [1.29, 1.82) is 5.26 Å². The van der Waals surface area contributed by atoms with E-state index >= 15 is 0 Å². The Kier molecular flexibility index (Phi) is 7.30. The highest BCUT2D eigenvalue weighted by Gasteiger charge is 2.36. The highest BCUT2D eigenvalue weighted by molar-refractivity contribution is 5.99. The molecule has 10 heteroatoms. The second kappa shape index (κ2) is 9.88. The van der Waals surface area contributed by atoms with Crippen molar-refractivity contribution >= 4 is 29.0 Å². The number of ketones is 1. The van der Waals surface area contributed by atoms with Crippen LogP contribution in [-0.4, -0.2) is 30.4 Å². The molecular formula is C20H14F3N3O4. The van der Waals surface area contributed by atoms with Crippen LogP contribution in [0.5, 0.6) is 0 Å². The van der Waals surface area contributed by atoms with Crippen LogP contribution in [0.2, 0.25) is 0 Å². The largest absolute Gasteiger partial charge is 0.454 e. The van der Waals surface area contributed by atoms with E-state index in [1.54, 1.807) is 12.1 Å². The summed E-state index contributed by atoms with van der Waals surface area (Å²) >= 11 is 0. The van der Waals surface area contributed by atoms with Crippen LogP contribution in [0, 0.1) is 11.3 Å². The van der Waals surface area contributed by atoms with Gasteiger partial charge in [-0.1, -0.05) is 24.3 Å². The molecule has 0 spiro atoms. The number of carbonyl (C=O) groups excluding carboxylic acids is 3. The van der Waals surface area contributed by atoms with E-state index < -0.39 is 30.4 Å². The van der Waals surface area contributed by atoms with Crippen molar-refractivity contribution in [1.82, 2.24) is 0 Å². The van der Waals surface area contributed by atoms with Crippen LogP contribution in [0.15, 0.2) is 60.8 Å². The zero-order valence-corrected chi connectivity index (χ0v) is 15.2. The summed E-state index contributed by atoms with van der Waals surface area (Å²) in [5.41, 5.74) is 0.491. The molecule has 0 unspecified atom stereocenters. The van der Waals surface area contributed by atoms with E-state index in [-0.39, 0.29) is 28.6 Å². The predicted octanol–water partition coefficient (Wildman–Crippen LogP) is 3.41. The van der Waals surface area contributed by atoms with Gasteiger partial charge in [-0.15, -0.1) is 0 Å². The molecule has 0 saturated heterocycles. The average molecular weight is 417 g/mol. The normalized spacial score (nSPS) is 10.9. The number of alkyl halides is 3. The number of hydrogen-bond acceptors (Lipinski definition) is 6. The molecule has 0 fully saturated rings. The third kappa shape index (κ3) is 6.20. The first kappa shape index (κ1) is 22.2. The number of hydrogen-bond donors (Lipinski definition) is 2. The number of esters is 1. The first-order valence-electron chi connectivity index (χ1n) is 8.31. The Balaban J connectivity index is 1.99. The van der Waals surface area contributed by atoms with Crippen LogP contribution in [0.25, 0.3) is 0 Å². The van der Waals surface area contributed by atoms with Crippen molar-refractivity contribution in [2.75, 3.05) is 17.2 Å². The number of benzene rings is 2. The fourth-order valence-electron chi connectivity index (χ4n) is 2.17. The van der Waals surface area contributed by atoms with Crippen LogP contribution in [0.4, 0.5) is 24.5 Å². The fraction of sp³-hybridized carbons (Fsp3) is 0.100. The molecule has 0 bridgehead atoms. The summed E-state index contributed by atoms with van der Waals surface area (Å²) < 4.78 is 41.5. The maximum absolute atomic E-state index is 12.2. The molecule has 7 nitrogen and oxygen atoms in total. The topological polar surface area (TPSA) is 108 Å². The number of nitriles is 1. The van der Waals surface area contributed by atoms with Crippen molar-refractivity contribution in [3.63, 3.8) is 0 Å². The van der Waals surface area contributed by atoms with Gasteiger partial charge < -0.3 is 15.4 Å². The molecule has 0 saturated carbocycles. The molecule has 2 rings (SSSR count). The zero-order chi connectivity index (χ0) is 22.1. The van der Waals surface area contributed by atoms with Crippen LogP contribution in [0.3, 0.4) is 0 Å². The van der Waals surface area contributed by atoms with Gasteiger partial charge in [0.05, 0.1) is 22.5 Å². The number of amides is 1. The molecule has 2 aromatic rings. The van der Waals surface area contributed by atoms with E-state index in [0.717, 1.165) is 6.20 Å². The lowest BCUT2D eigenvalue weighted by Crippen LogP contribution is -2.22. The number of allylic oxidation sites excluding steroid dienone is 1. The lowest BCUT2D eigenvalue weighted by atomic mass is 10.2. The van der Waals surface area contributed by atoms with E-state index in [4.69, 9.17) is 10.00 Å². The van der Waals surface area contributed by atoms with Gasteiger partial charge >= 0.3 is 12.1 Å². The van der Waals surface area contributed by atoms with Gasteiger partial charge in [0.25, 0.3) is 11.7 Å². The van der Waals surface area contributed by atoms with E-state index in [1.807, 2.05) is 6.07 Å². The number of halogens is 3. The lowest BCUT2D eigenvalue weighted by Gasteiger charge is -2.10. The molecule has 0 radical (unpaired) electrons. The van der Waals surface area contributed by atoms with Gasteiger partial charge in [-0.2, -0.15) is 18.4 Å². The van der Waals surface area contributed by atoms with Crippen molar-refractivity contribution < 1.29 is 32.3 Å². The smallest absolute Gasteiger partial charge is 0.452 e. The third-order valence-electron chi connectivity index (χ3n) is 3.56. The summed E-state index contributed by atoms with van der Waals surface area (Å²) in [5, 5.41) is 13.8. The van der Waals surface area contributed by atoms with Crippen LogP contribution in [0.1, 0.15) is 15.9 Å². The van der Waals surface area contributed by atoms with Crippen molar-refractivity contribution in [3.05, 3.63) is 71.9 Å². The van der Waals surface area contributed by atoms with E-state index in [2.05, 4.69) is 10.6 Å². The molecule has 0 aliphatic rings. The molecule has 2 aromatic carbocycles. The minimum atomic E-state index is -5.01. The summed E-state index contributed by atoms with van der Waals surface area (Å²) in [5.74, 6) is -3.67. The maximum atomic E-state index is 12.2. The van der Waals surface area contributed by atoms with Gasteiger partial charge in [0.15, 0.2) is 6.61 Å². The van der Waals surface area contributed by atoms with Crippen molar-refractivity contribution in [2.45, 2.75) is 6.18 Å². The van der Waals surface area contributed by atoms with Crippen molar-refractivity contribution in [3.8, 4) is 6.07 Å². The molecule has 154 valence electrons.